The average molecular weight is 281 g/mol. The van der Waals surface area contributed by atoms with Crippen LogP contribution in [0.5, 0.6) is 0 Å². The molecule has 0 aromatic rings. The van der Waals surface area contributed by atoms with Crippen molar-refractivity contribution in [1.29, 1.82) is 0 Å². The van der Waals surface area contributed by atoms with E-state index in [9.17, 15) is 0 Å². The minimum Gasteiger partial charge on any atom is -0.379 e. The molecule has 3 aliphatic rings. The summed E-state index contributed by atoms with van der Waals surface area (Å²) in [6.45, 7) is 13.0. The predicted octanol–water partition coefficient (Wildman–Crippen LogP) is 1.27. The van der Waals surface area contributed by atoms with Crippen LogP contribution in [0.15, 0.2) is 0 Å². The molecule has 116 valence electrons. The van der Waals surface area contributed by atoms with E-state index in [1.807, 2.05) is 0 Å². The van der Waals surface area contributed by atoms with Gasteiger partial charge in [-0.3, -0.25) is 14.7 Å². The minimum absolute atomic E-state index is 0.800. The lowest BCUT2D eigenvalue weighted by Crippen LogP contribution is -2.56. The SMILES string of the molecule is CC[C@@H]1CN2CCC[C@@H]2CN1CCCN1CCOCC1. The number of hydrogen-bond donors (Lipinski definition) is 0. The molecule has 0 N–H and O–H groups in total. The van der Waals surface area contributed by atoms with Crippen molar-refractivity contribution in [1.82, 2.24) is 14.7 Å². The Kier molecular flexibility index (Phi) is 5.32. The van der Waals surface area contributed by atoms with Crippen LogP contribution in [0.3, 0.4) is 0 Å². The number of nitrogens with zero attached hydrogens (tertiary/aromatic N) is 3. The van der Waals surface area contributed by atoms with E-state index in [2.05, 4.69) is 21.6 Å². The number of hydrogen-bond acceptors (Lipinski definition) is 4. The van der Waals surface area contributed by atoms with Gasteiger partial charge < -0.3 is 4.74 Å². The lowest BCUT2D eigenvalue weighted by molar-refractivity contribution is 0.0268. The Bertz CT molecular complexity index is 293. The van der Waals surface area contributed by atoms with Crippen LogP contribution in [0.4, 0.5) is 0 Å². The zero-order valence-electron chi connectivity index (χ0n) is 13.1. The highest BCUT2D eigenvalue weighted by atomic mass is 16.5. The van der Waals surface area contributed by atoms with Gasteiger partial charge in [0.2, 0.25) is 0 Å². The fraction of sp³-hybridized carbons (Fsp3) is 1.00. The molecule has 0 radical (unpaired) electrons. The molecule has 0 unspecified atom stereocenters. The maximum absolute atomic E-state index is 5.42. The number of rotatable bonds is 5. The number of morpholine rings is 1. The molecule has 0 amide bonds. The smallest absolute Gasteiger partial charge is 0.0594 e. The van der Waals surface area contributed by atoms with Crippen molar-refractivity contribution < 1.29 is 4.74 Å². The van der Waals surface area contributed by atoms with Gasteiger partial charge in [0.25, 0.3) is 0 Å². The largest absolute Gasteiger partial charge is 0.379 e. The van der Waals surface area contributed by atoms with Crippen LogP contribution in [0.2, 0.25) is 0 Å². The summed E-state index contributed by atoms with van der Waals surface area (Å²) < 4.78 is 5.42. The Morgan fingerprint density at radius 1 is 1.05 bits per heavy atom. The Balaban J connectivity index is 1.43. The first-order valence-electron chi connectivity index (χ1n) is 8.65. The molecule has 3 aliphatic heterocycles. The van der Waals surface area contributed by atoms with Crippen molar-refractivity contribution in [2.24, 2.45) is 0 Å². The Morgan fingerprint density at radius 3 is 2.70 bits per heavy atom. The van der Waals surface area contributed by atoms with Gasteiger partial charge in [0.05, 0.1) is 13.2 Å². The molecule has 0 saturated carbocycles. The van der Waals surface area contributed by atoms with E-state index in [-0.39, 0.29) is 0 Å². The van der Waals surface area contributed by atoms with E-state index in [1.165, 1.54) is 58.4 Å². The lowest BCUT2D eigenvalue weighted by atomic mass is 10.0. The zero-order chi connectivity index (χ0) is 13.8. The van der Waals surface area contributed by atoms with Gasteiger partial charge in [0, 0.05) is 38.3 Å². The fourth-order valence-corrected chi connectivity index (χ4v) is 4.13. The first kappa shape index (κ1) is 14.8. The summed E-state index contributed by atoms with van der Waals surface area (Å²) in [5.74, 6) is 0. The Labute approximate surface area is 124 Å². The maximum Gasteiger partial charge on any atom is 0.0594 e. The van der Waals surface area contributed by atoms with Crippen LogP contribution in [0, 0.1) is 0 Å². The molecule has 0 bridgehead atoms. The second-order valence-electron chi connectivity index (χ2n) is 6.66. The van der Waals surface area contributed by atoms with Gasteiger partial charge in [-0.05, 0) is 45.3 Å². The minimum atomic E-state index is 0.800. The highest BCUT2D eigenvalue weighted by molar-refractivity contribution is 4.91. The van der Waals surface area contributed by atoms with Gasteiger partial charge >= 0.3 is 0 Å². The second kappa shape index (κ2) is 7.21. The molecule has 4 nitrogen and oxygen atoms in total. The van der Waals surface area contributed by atoms with Gasteiger partial charge in [0.15, 0.2) is 0 Å². The van der Waals surface area contributed by atoms with Gasteiger partial charge in [-0.15, -0.1) is 0 Å². The highest BCUT2D eigenvalue weighted by Crippen LogP contribution is 2.25. The van der Waals surface area contributed by atoms with Crippen molar-refractivity contribution in [3.05, 3.63) is 0 Å². The quantitative estimate of drug-likeness (QED) is 0.755. The third kappa shape index (κ3) is 3.53. The number of fused-ring (bicyclic) bond motifs is 1. The van der Waals surface area contributed by atoms with Gasteiger partial charge in [-0.25, -0.2) is 0 Å². The predicted molar refractivity (Wildman–Crippen MR) is 82.1 cm³/mol. The van der Waals surface area contributed by atoms with E-state index in [0.717, 1.165) is 38.4 Å². The van der Waals surface area contributed by atoms with Crippen LogP contribution >= 0.6 is 0 Å². The molecule has 4 heteroatoms. The highest BCUT2D eigenvalue weighted by Gasteiger charge is 2.35. The average Bonchev–Trinajstić information content (AvgIpc) is 2.94. The summed E-state index contributed by atoms with van der Waals surface area (Å²) in [5.41, 5.74) is 0. The van der Waals surface area contributed by atoms with Crippen LogP contribution in [-0.4, -0.2) is 85.8 Å². The molecule has 0 aromatic carbocycles. The van der Waals surface area contributed by atoms with Crippen molar-refractivity contribution in [3.63, 3.8) is 0 Å². The van der Waals surface area contributed by atoms with E-state index in [0.29, 0.717) is 0 Å². The van der Waals surface area contributed by atoms with Crippen molar-refractivity contribution >= 4 is 0 Å². The lowest BCUT2D eigenvalue weighted by Gasteiger charge is -2.43. The summed E-state index contributed by atoms with van der Waals surface area (Å²) in [7, 11) is 0. The van der Waals surface area contributed by atoms with Gasteiger partial charge in [-0.1, -0.05) is 6.92 Å². The fourth-order valence-electron chi connectivity index (χ4n) is 4.13. The first-order chi connectivity index (χ1) is 9.86. The monoisotopic (exact) mass is 281 g/mol. The van der Waals surface area contributed by atoms with E-state index in [1.54, 1.807) is 0 Å². The Hall–Kier alpha value is -0.160. The molecular formula is C16H31N3O. The summed E-state index contributed by atoms with van der Waals surface area (Å²) >= 11 is 0. The molecule has 3 fully saturated rings. The van der Waals surface area contributed by atoms with Crippen molar-refractivity contribution in [3.8, 4) is 0 Å². The molecule has 20 heavy (non-hydrogen) atoms. The number of piperazine rings is 1. The first-order valence-corrected chi connectivity index (χ1v) is 8.65. The van der Waals surface area contributed by atoms with E-state index < -0.39 is 0 Å². The summed E-state index contributed by atoms with van der Waals surface area (Å²) in [5, 5.41) is 0. The van der Waals surface area contributed by atoms with E-state index >= 15 is 0 Å². The molecule has 0 aliphatic carbocycles. The number of ether oxygens (including phenoxy) is 1. The standard InChI is InChI=1S/C16H31N3O/c1-2-15-13-19-7-3-5-16(19)14-18(15)8-4-6-17-9-11-20-12-10-17/h15-16H,2-14H2,1H3/t15-,16-/m1/s1. The van der Waals surface area contributed by atoms with Crippen LogP contribution in [0.1, 0.15) is 32.6 Å². The maximum atomic E-state index is 5.42. The van der Waals surface area contributed by atoms with E-state index in [4.69, 9.17) is 4.74 Å². The molecule has 0 aromatic heterocycles. The van der Waals surface area contributed by atoms with Crippen molar-refractivity contribution in [2.45, 2.75) is 44.7 Å². The van der Waals surface area contributed by atoms with Crippen LogP contribution in [0.25, 0.3) is 0 Å². The summed E-state index contributed by atoms with van der Waals surface area (Å²) in [4.78, 5) is 8.09. The second-order valence-corrected chi connectivity index (χ2v) is 6.66. The summed E-state index contributed by atoms with van der Waals surface area (Å²) in [6, 6.07) is 1.66. The third-order valence-corrected chi connectivity index (χ3v) is 5.40. The topological polar surface area (TPSA) is 19.0 Å². The molecule has 0 spiro atoms. The molecule has 3 rings (SSSR count). The summed E-state index contributed by atoms with van der Waals surface area (Å²) in [6.07, 6.45) is 5.48. The molecular weight excluding hydrogens is 250 g/mol. The molecule has 2 atom stereocenters. The zero-order valence-corrected chi connectivity index (χ0v) is 13.1. The van der Waals surface area contributed by atoms with Gasteiger partial charge in [-0.2, -0.15) is 0 Å². The van der Waals surface area contributed by atoms with Crippen LogP contribution in [-0.2, 0) is 4.74 Å². The van der Waals surface area contributed by atoms with Crippen LogP contribution < -0.4 is 0 Å². The molecule has 3 heterocycles. The third-order valence-electron chi connectivity index (χ3n) is 5.40. The van der Waals surface area contributed by atoms with Crippen molar-refractivity contribution in [2.75, 3.05) is 59.0 Å². The normalized spacial score (nSPS) is 33.5. The van der Waals surface area contributed by atoms with Gasteiger partial charge in [0.1, 0.15) is 0 Å². The Morgan fingerprint density at radius 2 is 1.90 bits per heavy atom. The molecule has 3 saturated heterocycles.